The van der Waals surface area contributed by atoms with Crippen LogP contribution in [0.5, 0.6) is 5.75 Å². The van der Waals surface area contributed by atoms with E-state index in [0.717, 1.165) is 24.8 Å². The lowest BCUT2D eigenvalue weighted by Crippen LogP contribution is -2.03. The lowest BCUT2D eigenvalue weighted by Gasteiger charge is -2.10. The van der Waals surface area contributed by atoms with E-state index in [4.69, 9.17) is 9.47 Å². The van der Waals surface area contributed by atoms with Gasteiger partial charge in [0.1, 0.15) is 5.75 Å². The second kappa shape index (κ2) is 13.1. The molecule has 1 aromatic carbocycles. The minimum absolute atomic E-state index is 0.278. The van der Waals surface area contributed by atoms with E-state index in [2.05, 4.69) is 9.47 Å². The molecular weight excluding hydrogens is 364 g/mol. The molecule has 28 heavy (non-hydrogen) atoms. The monoisotopic (exact) mass is 390 g/mol. The van der Waals surface area contributed by atoms with Gasteiger partial charge in [0.2, 0.25) is 0 Å². The Morgan fingerprint density at radius 2 is 1.54 bits per heavy atom. The largest absolute Gasteiger partial charge is 0.493 e. The molecule has 0 saturated carbocycles. The van der Waals surface area contributed by atoms with Crippen LogP contribution in [0, 0.1) is 0 Å². The molecule has 0 spiro atoms. The lowest BCUT2D eigenvalue weighted by molar-refractivity contribution is -0.141. The summed E-state index contributed by atoms with van der Waals surface area (Å²) < 4.78 is 19.9. The Hall–Kier alpha value is -3.09. The number of esters is 3. The van der Waals surface area contributed by atoms with Gasteiger partial charge in [-0.3, -0.25) is 4.79 Å². The van der Waals surface area contributed by atoms with Crippen molar-refractivity contribution in [3.63, 3.8) is 0 Å². The van der Waals surface area contributed by atoms with E-state index in [1.807, 2.05) is 0 Å². The fourth-order valence-electron chi connectivity index (χ4n) is 2.17. The molecule has 0 aliphatic carbocycles. The molecule has 0 fully saturated rings. The Balaban J connectivity index is 2.72. The number of benzene rings is 1. The smallest absolute Gasteiger partial charge is 0.330 e. The molecule has 1 rings (SSSR count). The number of hydrogen-bond acceptors (Lipinski definition) is 7. The maximum atomic E-state index is 11.4. The molecule has 0 amide bonds. The van der Waals surface area contributed by atoms with Crippen LogP contribution in [0.3, 0.4) is 0 Å². The van der Waals surface area contributed by atoms with Crippen molar-refractivity contribution in [3.05, 3.63) is 41.5 Å². The van der Waals surface area contributed by atoms with E-state index < -0.39 is 11.9 Å². The normalized spacial score (nSPS) is 10.8. The summed E-state index contributed by atoms with van der Waals surface area (Å²) in [7, 11) is 2.61. The summed E-state index contributed by atoms with van der Waals surface area (Å²) in [5, 5.41) is 0. The van der Waals surface area contributed by atoms with Gasteiger partial charge >= 0.3 is 17.9 Å². The maximum Gasteiger partial charge on any atom is 0.330 e. The van der Waals surface area contributed by atoms with E-state index in [9.17, 15) is 14.4 Å². The third kappa shape index (κ3) is 9.56. The van der Waals surface area contributed by atoms with Gasteiger partial charge in [0.25, 0.3) is 0 Å². The molecule has 1 aromatic rings. The molecule has 0 unspecified atom stereocenters. The number of carbonyl (C=O) groups is 3. The molecule has 0 heterocycles. The number of carbonyl (C=O) groups excluding carboxylic acids is 3. The zero-order chi connectivity index (χ0) is 20.8. The zero-order valence-electron chi connectivity index (χ0n) is 16.4. The maximum absolute atomic E-state index is 11.4. The predicted molar refractivity (Wildman–Crippen MR) is 105 cm³/mol. The van der Waals surface area contributed by atoms with Crippen molar-refractivity contribution in [2.24, 2.45) is 0 Å². The summed E-state index contributed by atoms with van der Waals surface area (Å²) in [5.41, 5.74) is 1.43. The van der Waals surface area contributed by atoms with Gasteiger partial charge in [0, 0.05) is 24.6 Å². The SMILES string of the molecule is COC(=O)/C=C/c1ccc(OCCCCCOC(C)=O)c(/C=C/C(=O)OC)c1. The molecule has 0 saturated heterocycles. The van der Waals surface area contributed by atoms with Gasteiger partial charge in [-0.25, -0.2) is 9.59 Å². The van der Waals surface area contributed by atoms with Crippen LogP contribution >= 0.6 is 0 Å². The molecule has 0 radical (unpaired) electrons. The lowest BCUT2D eigenvalue weighted by atomic mass is 10.1. The third-order valence-corrected chi connectivity index (χ3v) is 3.60. The molecule has 0 aliphatic heterocycles. The minimum atomic E-state index is -0.480. The number of hydrogen-bond donors (Lipinski definition) is 0. The van der Waals surface area contributed by atoms with E-state index >= 15 is 0 Å². The van der Waals surface area contributed by atoms with E-state index in [-0.39, 0.29) is 5.97 Å². The molecule has 0 bridgehead atoms. The Bertz CT molecular complexity index is 719. The quantitative estimate of drug-likeness (QED) is 0.248. The number of rotatable bonds is 11. The standard InChI is InChI=1S/C21H26O7/c1-16(22)27-13-5-4-6-14-28-19-10-7-17(8-11-20(23)25-2)15-18(19)9-12-21(24)26-3/h7-12,15H,4-6,13-14H2,1-3H3/b11-8+,12-9+. The molecule has 0 atom stereocenters. The van der Waals surface area contributed by atoms with Crippen LogP contribution in [-0.2, 0) is 28.6 Å². The number of methoxy groups -OCH3 is 2. The van der Waals surface area contributed by atoms with Gasteiger partial charge in [0.15, 0.2) is 0 Å². The highest BCUT2D eigenvalue weighted by Gasteiger charge is 2.04. The number of unbranched alkanes of at least 4 members (excludes halogenated alkanes) is 2. The molecule has 7 nitrogen and oxygen atoms in total. The van der Waals surface area contributed by atoms with Crippen LogP contribution in [0.1, 0.15) is 37.3 Å². The van der Waals surface area contributed by atoms with Crippen molar-refractivity contribution in [2.75, 3.05) is 27.4 Å². The van der Waals surface area contributed by atoms with Crippen molar-refractivity contribution in [3.8, 4) is 5.75 Å². The van der Waals surface area contributed by atoms with E-state index in [1.54, 1.807) is 30.4 Å². The van der Waals surface area contributed by atoms with Gasteiger partial charge in [-0.05, 0) is 49.1 Å². The molecule has 152 valence electrons. The van der Waals surface area contributed by atoms with Crippen LogP contribution in [0.2, 0.25) is 0 Å². The van der Waals surface area contributed by atoms with Crippen LogP contribution in [0.4, 0.5) is 0 Å². The Labute approximate surface area is 164 Å². The zero-order valence-corrected chi connectivity index (χ0v) is 16.4. The molecule has 0 N–H and O–H groups in total. The van der Waals surface area contributed by atoms with Crippen molar-refractivity contribution < 1.29 is 33.3 Å². The highest BCUT2D eigenvalue weighted by Crippen LogP contribution is 2.23. The third-order valence-electron chi connectivity index (χ3n) is 3.60. The van der Waals surface area contributed by atoms with E-state index in [1.165, 1.54) is 33.3 Å². The average molecular weight is 390 g/mol. The summed E-state index contributed by atoms with van der Waals surface area (Å²) in [5.74, 6) is -0.609. The predicted octanol–water partition coefficient (Wildman–Crippen LogP) is 3.17. The van der Waals surface area contributed by atoms with Crippen molar-refractivity contribution in [1.29, 1.82) is 0 Å². The fraction of sp³-hybridized carbons (Fsp3) is 0.381. The van der Waals surface area contributed by atoms with Gasteiger partial charge in [-0.1, -0.05) is 6.07 Å². The van der Waals surface area contributed by atoms with Crippen LogP contribution in [-0.4, -0.2) is 45.3 Å². The first-order valence-corrected chi connectivity index (χ1v) is 8.88. The van der Waals surface area contributed by atoms with Gasteiger partial charge in [-0.15, -0.1) is 0 Å². The Morgan fingerprint density at radius 1 is 0.893 bits per heavy atom. The van der Waals surface area contributed by atoms with E-state index in [0.29, 0.717) is 24.5 Å². The summed E-state index contributed by atoms with van der Waals surface area (Å²) in [4.78, 5) is 33.3. The Kier molecular flexibility index (Phi) is 10.8. The minimum Gasteiger partial charge on any atom is -0.493 e. The van der Waals surface area contributed by atoms with Gasteiger partial charge in [0.05, 0.1) is 27.4 Å². The Morgan fingerprint density at radius 3 is 2.18 bits per heavy atom. The van der Waals surface area contributed by atoms with Crippen molar-refractivity contribution in [1.82, 2.24) is 0 Å². The fourth-order valence-corrected chi connectivity index (χ4v) is 2.17. The molecular formula is C21H26O7. The first-order chi connectivity index (χ1) is 13.5. The molecule has 0 aliphatic rings. The second-order valence-electron chi connectivity index (χ2n) is 5.76. The van der Waals surface area contributed by atoms with Crippen LogP contribution < -0.4 is 4.74 Å². The highest BCUT2D eigenvalue weighted by atomic mass is 16.5. The second-order valence-corrected chi connectivity index (χ2v) is 5.76. The van der Waals surface area contributed by atoms with Crippen LogP contribution in [0.15, 0.2) is 30.4 Å². The van der Waals surface area contributed by atoms with Gasteiger partial charge in [-0.2, -0.15) is 0 Å². The first-order valence-electron chi connectivity index (χ1n) is 8.88. The highest BCUT2D eigenvalue weighted by molar-refractivity contribution is 5.89. The van der Waals surface area contributed by atoms with Gasteiger partial charge < -0.3 is 18.9 Å². The van der Waals surface area contributed by atoms with Crippen molar-refractivity contribution in [2.45, 2.75) is 26.2 Å². The molecule has 0 aromatic heterocycles. The van der Waals surface area contributed by atoms with Crippen LogP contribution in [0.25, 0.3) is 12.2 Å². The summed E-state index contributed by atoms with van der Waals surface area (Å²) >= 11 is 0. The summed E-state index contributed by atoms with van der Waals surface area (Å²) in [6.07, 6.45) is 8.25. The summed E-state index contributed by atoms with van der Waals surface area (Å²) in [6, 6.07) is 5.35. The number of ether oxygens (including phenoxy) is 4. The average Bonchev–Trinajstić information content (AvgIpc) is 2.69. The summed E-state index contributed by atoms with van der Waals surface area (Å²) in [6.45, 7) is 2.27. The van der Waals surface area contributed by atoms with Crippen molar-refractivity contribution >= 4 is 30.1 Å². The topological polar surface area (TPSA) is 88.1 Å². The first kappa shape index (κ1) is 23.0. The molecule has 7 heteroatoms.